The summed E-state index contributed by atoms with van der Waals surface area (Å²) in [7, 11) is 0. The normalized spacial score (nSPS) is 23.9. The van der Waals surface area contributed by atoms with Crippen LogP contribution >= 0.6 is 0 Å². The lowest BCUT2D eigenvalue weighted by Crippen LogP contribution is -2.40. The molecular weight excluding hydrogens is 198 g/mol. The summed E-state index contributed by atoms with van der Waals surface area (Å²) in [6, 6.07) is 10.8. The number of nitrogens with zero attached hydrogens (tertiary/aromatic N) is 1. The minimum atomic E-state index is 0.519. The van der Waals surface area contributed by atoms with Crippen molar-refractivity contribution < 1.29 is 4.74 Å². The molecule has 86 valence electrons. The van der Waals surface area contributed by atoms with Crippen LogP contribution in [-0.2, 0) is 4.74 Å². The summed E-state index contributed by atoms with van der Waals surface area (Å²) in [4.78, 5) is 2.50. The smallest absolute Gasteiger partial charge is 0.0524 e. The van der Waals surface area contributed by atoms with Crippen molar-refractivity contribution in [2.24, 2.45) is 5.41 Å². The van der Waals surface area contributed by atoms with Crippen LogP contribution in [0.4, 0.5) is 5.69 Å². The summed E-state index contributed by atoms with van der Waals surface area (Å²) in [6.45, 7) is 4.35. The zero-order valence-electron chi connectivity index (χ0n) is 9.69. The Bertz CT molecular complexity index is 333. The lowest BCUT2D eigenvalue weighted by Gasteiger charge is -2.39. The predicted octanol–water partition coefficient (Wildman–Crippen LogP) is 2.69. The molecule has 0 N–H and O–H groups in total. The Kier molecular flexibility index (Phi) is 2.60. The zero-order chi connectivity index (χ0) is 10.8. The van der Waals surface area contributed by atoms with Crippen LogP contribution in [0.15, 0.2) is 30.3 Å². The highest BCUT2D eigenvalue weighted by molar-refractivity contribution is 5.46. The molecule has 1 aromatic rings. The SMILES string of the molecule is c1ccc(N2CCC3(CCOC3)CC2)cc1. The summed E-state index contributed by atoms with van der Waals surface area (Å²) in [5.74, 6) is 0. The van der Waals surface area contributed by atoms with Crippen LogP contribution in [-0.4, -0.2) is 26.3 Å². The molecule has 0 saturated carbocycles. The van der Waals surface area contributed by atoms with Crippen molar-refractivity contribution in [1.29, 1.82) is 0 Å². The molecule has 0 atom stereocenters. The number of benzene rings is 1. The van der Waals surface area contributed by atoms with Gasteiger partial charge in [-0.15, -0.1) is 0 Å². The minimum absolute atomic E-state index is 0.519. The van der Waals surface area contributed by atoms with E-state index >= 15 is 0 Å². The quantitative estimate of drug-likeness (QED) is 0.717. The molecule has 0 aliphatic carbocycles. The Hall–Kier alpha value is -1.02. The van der Waals surface area contributed by atoms with Crippen molar-refractivity contribution in [3.63, 3.8) is 0 Å². The summed E-state index contributed by atoms with van der Waals surface area (Å²) >= 11 is 0. The molecule has 0 aromatic heterocycles. The van der Waals surface area contributed by atoms with Crippen LogP contribution in [0.1, 0.15) is 19.3 Å². The lowest BCUT2D eigenvalue weighted by atomic mass is 9.78. The number of rotatable bonds is 1. The van der Waals surface area contributed by atoms with Gasteiger partial charge in [0, 0.05) is 25.4 Å². The van der Waals surface area contributed by atoms with E-state index in [1.54, 1.807) is 0 Å². The molecule has 2 aliphatic heterocycles. The fourth-order valence-electron chi connectivity index (χ4n) is 2.92. The second-order valence-electron chi connectivity index (χ2n) is 5.13. The topological polar surface area (TPSA) is 12.5 Å². The molecule has 3 rings (SSSR count). The maximum absolute atomic E-state index is 5.56. The van der Waals surface area contributed by atoms with Crippen molar-refractivity contribution in [3.05, 3.63) is 30.3 Å². The first kappa shape index (κ1) is 10.2. The van der Waals surface area contributed by atoms with E-state index in [1.165, 1.54) is 38.0 Å². The third-order valence-corrected chi connectivity index (χ3v) is 4.13. The number of hydrogen-bond acceptors (Lipinski definition) is 2. The first-order valence-corrected chi connectivity index (χ1v) is 6.26. The van der Waals surface area contributed by atoms with Crippen LogP contribution in [0.25, 0.3) is 0 Å². The molecule has 0 radical (unpaired) electrons. The molecule has 0 unspecified atom stereocenters. The average Bonchev–Trinajstić information content (AvgIpc) is 2.80. The van der Waals surface area contributed by atoms with Crippen molar-refractivity contribution in [1.82, 2.24) is 0 Å². The Morgan fingerprint density at radius 1 is 1.00 bits per heavy atom. The summed E-state index contributed by atoms with van der Waals surface area (Å²) in [5, 5.41) is 0. The largest absolute Gasteiger partial charge is 0.381 e. The number of para-hydroxylation sites is 1. The number of hydrogen-bond donors (Lipinski definition) is 0. The highest BCUT2D eigenvalue weighted by atomic mass is 16.5. The van der Waals surface area contributed by atoms with E-state index in [-0.39, 0.29) is 0 Å². The third-order valence-electron chi connectivity index (χ3n) is 4.13. The van der Waals surface area contributed by atoms with Gasteiger partial charge in [-0.3, -0.25) is 0 Å². The Morgan fingerprint density at radius 3 is 2.38 bits per heavy atom. The Labute approximate surface area is 97.2 Å². The van der Waals surface area contributed by atoms with Crippen LogP contribution in [0.2, 0.25) is 0 Å². The Morgan fingerprint density at radius 2 is 1.75 bits per heavy atom. The van der Waals surface area contributed by atoms with Crippen LogP contribution < -0.4 is 4.90 Å². The van der Waals surface area contributed by atoms with Gasteiger partial charge in [0.05, 0.1) is 6.61 Å². The fourth-order valence-corrected chi connectivity index (χ4v) is 2.92. The molecule has 1 spiro atoms. The van der Waals surface area contributed by atoms with Crippen LogP contribution in [0.5, 0.6) is 0 Å². The molecule has 0 amide bonds. The molecule has 2 saturated heterocycles. The van der Waals surface area contributed by atoms with Gasteiger partial charge in [-0.25, -0.2) is 0 Å². The maximum Gasteiger partial charge on any atom is 0.0524 e. The molecule has 2 heterocycles. The van der Waals surface area contributed by atoms with E-state index in [1.807, 2.05) is 0 Å². The molecule has 2 aliphatic rings. The molecule has 0 bridgehead atoms. The van der Waals surface area contributed by atoms with Gasteiger partial charge in [-0.1, -0.05) is 18.2 Å². The van der Waals surface area contributed by atoms with Gasteiger partial charge in [-0.05, 0) is 36.8 Å². The summed E-state index contributed by atoms with van der Waals surface area (Å²) in [5.41, 5.74) is 1.89. The minimum Gasteiger partial charge on any atom is -0.381 e. The lowest BCUT2D eigenvalue weighted by molar-refractivity contribution is 0.134. The highest BCUT2D eigenvalue weighted by Gasteiger charge is 2.37. The molecule has 16 heavy (non-hydrogen) atoms. The van der Waals surface area contributed by atoms with Gasteiger partial charge in [0.1, 0.15) is 0 Å². The van der Waals surface area contributed by atoms with E-state index in [2.05, 4.69) is 35.2 Å². The van der Waals surface area contributed by atoms with Crippen LogP contribution in [0.3, 0.4) is 0 Å². The first-order chi connectivity index (χ1) is 7.88. The third kappa shape index (κ3) is 1.82. The zero-order valence-corrected chi connectivity index (χ0v) is 9.69. The van der Waals surface area contributed by atoms with Gasteiger partial charge in [0.15, 0.2) is 0 Å². The van der Waals surface area contributed by atoms with Gasteiger partial charge in [0.25, 0.3) is 0 Å². The summed E-state index contributed by atoms with van der Waals surface area (Å²) in [6.07, 6.45) is 3.86. The van der Waals surface area contributed by atoms with Crippen molar-refractivity contribution >= 4 is 5.69 Å². The van der Waals surface area contributed by atoms with E-state index in [9.17, 15) is 0 Å². The van der Waals surface area contributed by atoms with E-state index in [0.717, 1.165) is 13.2 Å². The first-order valence-electron chi connectivity index (χ1n) is 6.26. The molecular formula is C14H19NO. The molecule has 1 aromatic carbocycles. The summed E-state index contributed by atoms with van der Waals surface area (Å²) < 4.78 is 5.56. The number of piperidine rings is 1. The average molecular weight is 217 g/mol. The fraction of sp³-hybridized carbons (Fsp3) is 0.571. The second-order valence-corrected chi connectivity index (χ2v) is 5.13. The predicted molar refractivity (Wildman–Crippen MR) is 65.8 cm³/mol. The number of ether oxygens (including phenoxy) is 1. The van der Waals surface area contributed by atoms with Gasteiger partial charge in [-0.2, -0.15) is 0 Å². The number of anilines is 1. The molecule has 2 nitrogen and oxygen atoms in total. The van der Waals surface area contributed by atoms with Crippen molar-refractivity contribution in [3.8, 4) is 0 Å². The monoisotopic (exact) mass is 217 g/mol. The van der Waals surface area contributed by atoms with E-state index in [0.29, 0.717) is 5.41 Å². The molecule has 2 fully saturated rings. The maximum atomic E-state index is 5.56. The Balaban J connectivity index is 1.66. The van der Waals surface area contributed by atoms with Crippen molar-refractivity contribution in [2.75, 3.05) is 31.2 Å². The van der Waals surface area contributed by atoms with Gasteiger partial charge < -0.3 is 9.64 Å². The van der Waals surface area contributed by atoms with Gasteiger partial charge in [0.2, 0.25) is 0 Å². The second kappa shape index (κ2) is 4.10. The van der Waals surface area contributed by atoms with E-state index < -0.39 is 0 Å². The highest BCUT2D eigenvalue weighted by Crippen LogP contribution is 2.39. The van der Waals surface area contributed by atoms with Gasteiger partial charge >= 0.3 is 0 Å². The van der Waals surface area contributed by atoms with Crippen molar-refractivity contribution in [2.45, 2.75) is 19.3 Å². The van der Waals surface area contributed by atoms with Crippen LogP contribution in [0, 0.1) is 5.41 Å². The van der Waals surface area contributed by atoms with E-state index in [4.69, 9.17) is 4.74 Å². The standard InChI is InChI=1S/C14H19NO/c1-2-4-13(5-3-1)15-9-6-14(7-10-15)8-11-16-12-14/h1-5H,6-12H2. The molecule has 2 heteroatoms.